The smallest absolute Gasteiger partial charge is 0.198 e. The Morgan fingerprint density at radius 1 is 1.19 bits per heavy atom. The number of aromatic hydroxyl groups is 1. The van der Waals surface area contributed by atoms with Crippen LogP contribution in [0.1, 0.15) is 23.6 Å². The van der Waals surface area contributed by atoms with Crippen LogP contribution in [0.15, 0.2) is 47.5 Å². The molecular weight excluding hydrogens is 260 g/mol. The van der Waals surface area contributed by atoms with Crippen molar-refractivity contribution < 1.29 is 5.11 Å². The van der Waals surface area contributed by atoms with Gasteiger partial charge in [-0.15, -0.1) is 0 Å². The highest BCUT2D eigenvalue weighted by Gasteiger charge is 2.09. The highest BCUT2D eigenvalue weighted by molar-refractivity contribution is 6.02. The van der Waals surface area contributed by atoms with Crippen molar-refractivity contribution in [1.82, 2.24) is 4.98 Å². The number of aromatic nitrogens is 1. The first-order chi connectivity index (χ1) is 10.2. The van der Waals surface area contributed by atoms with E-state index in [2.05, 4.69) is 29.0 Å². The van der Waals surface area contributed by atoms with Crippen LogP contribution >= 0.6 is 0 Å². The largest absolute Gasteiger partial charge is 0.494 e. The third kappa shape index (κ3) is 2.55. The topological polar surface area (TPSA) is 48.4 Å². The van der Waals surface area contributed by atoms with Gasteiger partial charge >= 0.3 is 0 Å². The van der Waals surface area contributed by atoms with Crippen LogP contribution in [0.25, 0.3) is 10.9 Å². The van der Waals surface area contributed by atoms with Crippen molar-refractivity contribution in [3.63, 3.8) is 0 Å². The molecule has 21 heavy (non-hydrogen) atoms. The molecule has 3 aromatic rings. The molecule has 1 heterocycles. The summed E-state index contributed by atoms with van der Waals surface area (Å²) < 4.78 is 0. The summed E-state index contributed by atoms with van der Waals surface area (Å²) in [6.07, 6.45) is 2.68. The third-order valence-corrected chi connectivity index (χ3v) is 3.68. The molecule has 2 aromatic carbocycles. The van der Waals surface area contributed by atoms with Crippen LogP contribution in [0.2, 0.25) is 0 Å². The van der Waals surface area contributed by atoms with Gasteiger partial charge in [0.15, 0.2) is 5.88 Å². The van der Waals surface area contributed by atoms with Gasteiger partial charge < -0.3 is 10.1 Å². The predicted octanol–water partition coefficient (Wildman–Crippen LogP) is 4.49. The number of nitrogens with zero attached hydrogens (tertiary/aromatic N) is 1. The molecule has 106 valence electrons. The average molecular weight is 278 g/mol. The predicted molar refractivity (Wildman–Crippen MR) is 87.8 cm³/mol. The minimum absolute atomic E-state index is 0.160. The number of H-pyrrole nitrogens is 1. The molecule has 0 unspecified atom stereocenters. The average Bonchev–Trinajstić information content (AvgIpc) is 2.80. The van der Waals surface area contributed by atoms with E-state index in [0.717, 1.165) is 34.1 Å². The quantitative estimate of drug-likeness (QED) is 0.681. The number of para-hydroxylation sites is 1. The fourth-order valence-corrected chi connectivity index (χ4v) is 2.51. The zero-order valence-electron chi connectivity index (χ0n) is 12.2. The maximum atomic E-state index is 10.1. The van der Waals surface area contributed by atoms with E-state index in [0.29, 0.717) is 0 Å². The molecule has 3 nitrogen and oxygen atoms in total. The lowest BCUT2D eigenvalue weighted by Crippen LogP contribution is -1.83. The van der Waals surface area contributed by atoms with Gasteiger partial charge in [0.05, 0.1) is 11.3 Å². The van der Waals surface area contributed by atoms with Crippen LogP contribution in [0.4, 0.5) is 5.69 Å². The molecule has 0 saturated carbocycles. The second kappa shape index (κ2) is 5.44. The molecule has 2 N–H and O–H groups in total. The molecule has 0 aliphatic carbocycles. The lowest BCUT2D eigenvalue weighted by molar-refractivity contribution is 0.457. The molecule has 0 fully saturated rings. The molecule has 0 bridgehead atoms. The van der Waals surface area contributed by atoms with Crippen LogP contribution in [-0.4, -0.2) is 16.3 Å². The van der Waals surface area contributed by atoms with Crippen LogP contribution in [0.5, 0.6) is 5.88 Å². The van der Waals surface area contributed by atoms with Crippen molar-refractivity contribution in [2.45, 2.75) is 20.3 Å². The van der Waals surface area contributed by atoms with Crippen molar-refractivity contribution in [3.05, 3.63) is 59.2 Å². The number of aliphatic imine (C=N–C) groups is 1. The summed E-state index contributed by atoms with van der Waals surface area (Å²) >= 11 is 0. The first kappa shape index (κ1) is 13.4. The first-order valence-electron chi connectivity index (χ1n) is 7.12. The second-order valence-electron chi connectivity index (χ2n) is 5.18. The van der Waals surface area contributed by atoms with Crippen molar-refractivity contribution in [2.75, 3.05) is 0 Å². The van der Waals surface area contributed by atoms with Crippen LogP contribution in [0.3, 0.4) is 0 Å². The van der Waals surface area contributed by atoms with Crippen molar-refractivity contribution in [3.8, 4) is 5.88 Å². The molecule has 3 heteroatoms. The summed E-state index contributed by atoms with van der Waals surface area (Å²) in [4.78, 5) is 7.54. The number of nitrogens with one attached hydrogen (secondary N) is 1. The Morgan fingerprint density at radius 3 is 2.81 bits per heavy atom. The van der Waals surface area contributed by atoms with Crippen molar-refractivity contribution in [2.24, 2.45) is 4.99 Å². The maximum absolute atomic E-state index is 10.1. The van der Waals surface area contributed by atoms with Gasteiger partial charge in [-0.3, -0.25) is 4.99 Å². The van der Waals surface area contributed by atoms with E-state index in [1.165, 1.54) is 5.56 Å². The molecule has 0 amide bonds. The molecular formula is C18H18N2O. The summed E-state index contributed by atoms with van der Waals surface area (Å²) in [5.41, 5.74) is 4.96. The van der Waals surface area contributed by atoms with Gasteiger partial charge in [0.25, 0.3) is 0 Å². The van der Waals surface area contributed by atoms with Gasteiger partial charge in [-0.2, -0.15) is 0 Å². The molecule has 0 radical (unpaired) electrons. The Hall–Kier alpha value is -2.55. The Balaban J connectivity index is 2.07. The number of benzene rings is 2. The van der Waals surface area contributed by atoms with Crippen molar-refractivity contribution in [1.29, 1.82) is 0 Å². The minimum atomic E-state index is 0.160. The van der Waals surface area contributed by atoms with E-state index in [1.54, 1.807) is 6.21 Å². The summed E-state index contributed by atoms with van der Waals surface area (Å²) in [6.45, 7) is 4.15. The number of fused-ring (bicyclic) bond motifs is 1. The van der Waals surface area contributed by atoms with E-state index < -0.39 is 0 Å². The van der Waals surface area contributed by atoms with Gasteiger partial charge in [-0.1, -0.05) is 36.8 Å². The van der Waals surface area contributed by atoms with E-state index in [4.69, 9.17) is 0 Å². The number of hydrogen-bond acceptors (Lipinski definition) is 2. The number of aromatic amines is 1. The fraction of sp³-hybridized carbons (Fsp3) is 0.167. The molecule has 0 atom stereocenters. The summed E-state index contributed by atoms with van der Waals surface area (Å²) in [5.74, 6) is 0.160. The number of aryl methyl sites for hydroxylation is 2. The maximum Gasteiger partial charge on any atom is 0.198 e. The Kier molecular flexibility index (Phi) is 3.48. The Labute approximate surface area is 124 Å². The van der Waals surface area contributed by atoms with Crippen LogP contribution in [-0.2, 0) is 6.42 Å². The van der Waals surface area contributed by atoms with Gasteiger partial charge in [0.2, 0.25) is 0 Å². The van der Waals surface area contributed by atoms with Gasteiger partial charge in [0.1, 0.15) is 0 Å². The molecule has 0 spiro atoms. The van der Waals surface area contributed by atoms with E-state index in [9.17, 15) is 5.11 Å². The highest BCUT2D eigenvalue weighted by Crippen LogP contribution is 2.27. The Morgan fingerprint density at radius 2 is 2.00 bits per heavy atom. The highest BCUT2D eigenvalue weighted by atomic mass is 16.3. The van der Waals surface area contributed by atoms with E-state index >= 15 is 0 Å². The SMILES string of the molecule is CCc1ccccc1N=Cc1c(O)[nH]c2ccc(C)cc12. The molecule has 1 aromatic heterocycles. The first-order valence-corrected chi connectivity index (χ1v) is 7.12. The van der Waals surface area contributed by atoms with E-state index in [-0.39, 0.29) is 5.88 Å². The van der Waals surface area contributed by atoms with Gasteiger partial charge in [-0.25, -0.2) is 0 Å². The van der Waals surface area contributed by atoms with Gasteiger partial charge in [-0.05, 0) is 37.1 Å². The monoisotopic (exact) mass is 278 g/mol. The summed E-state index contributed by atoms with van der Waals surface area (Å²) in [6, 6.07) is 14.1. The zero-order valence-corrected chi connectivity index (χ0v) is 12.2. The van der Waals surface area contributed by atoms with Gasteiger partial charge in [0, 0.05) is 17.1 Å². The van der Waals surface area contributed by atoms with Crippen LogP contribution in [0, 0.1) is 6.92 Å². The summed E-state index contributed by atoms with van der Waals surface area (Å²) in [7, 11) is 0. The summed E-state index contributed by atoms with van der Waals surface area (Å²) in [5, 5.41) is 11.1. The second-order valence-corrected chi connectivity index (χ2v) is 5.18. The normalized spacial score (nSPS) is 11.5. The van der Waals surface area contributed by atoms with Crippen molar-refractivity contribution >= 4 is 22.8 Å². The zero-order chi connectivity index (χ0) is 14.8. The molecule has 0 saturated heterocycles. The molecule has 0 aliphatic heterocycles. The Bertz CT molecular complexity index is 815. The molecule has 3 rings (SSSR count). The van der Waals surface area contributed by atoms with Crippen LogP contribution < -0.4 is 0 Å². The standard InChI is InChI=1S/C18H18N2O/c1-3-13-6-4-5-7-16(13)19-11-15-14-10-12(2)8-9-17(14)20-18(15)21/h4-11,20-21H,3H2,1-2H3. The van der Waals surface area contributed by atoms with E-state index in [1.807, 2.05) is 37.3 Å². The number of hydrogen-bond donors (Lipinski definition) is 2. The minimum Gasteiger partial charge on any atom is -0.494 e. The lowest BCUT2D eigenvalue weighted by Gasteiger charge is -2.01. The third-order valence-electron chi connectivity index (χ3n) is 3.68. The fourth-order valence-electron chi connectivity index (χ4n) is 2.51. The number of rotatable bonds is 3. The lowest BCUT2D eigenvalue weighted by atomic mass is 10.1. The molecule has 0 aliphatic rings.